The van der Waals surface area contributed by atoms with Crippen LogP contribution in [-0.4, -0.2) is 129 Å². The highest BCUT2D eigenvalue weighted by Crippen LogP contribution is 2.61. The largest absolute Gasteiger partial charge is 0.497 e. The number of amides is 4. The molecule has 334 valence electrons. The number of thioether (sulfide) groups is 4. The summed E-state index contributed by atoms with van der Waals surface area (Å²) in [5, 5.41) is 21.4. The van der Waals surface area contributed by atoms with Crippen LogP contribution in [0.4, 0.5) is 0 Å². The number of aliphatic hydroxyl groups is 2. The fraction of sp³-hybridized carbons (Fsp3) is 0.404. The molecule has 4 aliphatic rings. The molecule has 0 aliphatic carbocycles. The summed E-state index contributed by atoms with van der Waals surface area (Å²) in [6, 6.07) is 31.9. The first kappa shape index (κ1) is 46.7. The predicted molar refractivity (Wildman–Crippen MR) is 252 cm³/mol. The van der Waals surface area contributed by atoms with Crippen LogP contribution in [0.3, 0.4) is 0 Å². The van der Waals surface area contributed by atoms with Crippen molar-refractivity contribution in [3.8, 4) is 11.5 Å². The number of piperazine rings is 1. The Kier molecular flexibility index (Phi) is 13.8. The Hall–Kier alpha value is -4.32. The van der Waals surface area contributed by atoms with E-state index in [1.54, 1.807) is 56.9 Å². The molecule has 0 saturated carbocycles. The highest BCUT2D eigenvalue weighted by molar-refractivity contribution is 8.18. The maximum Gasteiger partial charge on any atom is 0.262 e. The molecule has 0 radical (unpaired) electrons. The molecule has 4 aromatic rings. The molecule has 2 bridgehead atoms. The van der Waals surface area contributed by atoms with Crippen LogP contribution in [0.25, 0.3) is 0 Å². The van der Waals surface area contributed by atoms with Crippen LogP contribution in [-0.2, 0) is 44.9 Å². The zero-order chi connectivity index (χ0) is 45.3. The van der Waals surface area contributed by atoms with Crippen LogP contribution in [0.5, 0.6) is 11.5 Å². The first-order valence-corrected chi connectivity index (χ1v) is 24.0. The number of rotatable bonds is 15. The molecule has 0 aromatic heterocycles. The summed E-state index contributed by atoms with van der Waals surface area (Å²) in [6.07, 6.45) is 3.00. The third-order valence-electron chi connectivity index (χ3n) is 12.6. The van der Waals surface area contributed by atoms with Crippen LogP contribution >= 0.6 is 47.0 Å². The van der Waals surface area contributed by atoms with Crippen LogP contribution < -0.4 is 9.47 Å². The minimum atomic E-state index is -1.51. The smallest absolute Gasteiger partial charge is 0.262 e. The summed E-state index contributed by atoms with van der Waals surface area (Å²) >= 11 is 5.64. The molecule has 4 aromatic carbocycles. The van der Waals surface area contributed by atoms with Crippen molar-refractivity contribution in [3.63, 3.8) is 0 Å². The van der Waals surface area contributed by atoms with E-state index < -0.39 is 32.7 Å². The van der Waals surface area contributed by atoms with E-state index in [-0.39, 0.29) is 26.9 Å². The van der Waals surface area contributed by atoms with E-state index in [9.17, 15) is 29.4 Å². The number of hydrogen-bond acceptors (Lipinski definition) is 12. The van der Waals surface area contributed by atoms with Gasteiger partial charge in [0.05, 0.1) is 41.5 Å². The molecule has 4 fully saturated rings. The molecule has 0 spiro atoms. The number of nitrogens with zero attached hydrogens (tertiary/aromatic N) is 4. The third-order valence-corrected chi connectivity index (χ3v) is 19.6. The number of methoxy groups -OCH3 is 2. The average Bonchev–Trinajstić information content (AvgIpc) is 3.52. The SMILES string of the molecule is COc1ccc(C2S[C@](C)(Cc3ccc(CCc4ccc(C[C@@]56SC(c7ccc(OC)cc7)S[C@@](CO)(C(=O)N5C)N(C)C6=O)cc4)cc3)N(C)C(=O)[C@@](CO)(N(C)C=O)S2)cc1. The fourth-order valence-electron chi connectivity index (χ4n) is 8.34. The predicted octanol–water partition coefficient (Wildman–Crippen LogP) is 6.20. The molecule has 63 heavy (non-hydrogen) atoms. The second-order valence-corrected chi connectivity index (χ2v) is 22.7. The molecule has 6 atom stereocenters. The molecular formula is C47H54N4O8S4. The van der Waals surface area contributed by atoms with Gasteiger partial charge in [-0.05, 0) is 77.4 Å². The zero-order valence-electron chi connectivity index (χ0n) is 36.5. The van der Waals surface area contributed by atoms with Crippen LogP contribution in [0, 0.1) is 0 Å². The molecule has 4 aliphatic heterocycles. The molecule has 8 rings (SSSR count). The lowest BCUT2D eigenvalue weighted by Crippen LogP contribution is -2.73. The van der Waals surface area contributed by atoms with Gasteiger partial charge in [0.2, 0.25) is 6.41 Å². The van der Waals surface area contributed by atoms with E-state index in [1.165, 1.54) is 52.1 Å². The van der Waals surface area contributed by atoms with Gasteiger partial charge in [-0.3, -0.25) is 19.2 Å². The summed E-state index contributed by atoms with van der Waals surface area (Å²) in [6.45, 7) is 0.994. The Morgan fingerprint density at radius 1 is 0.587 bits per heavy atom. The van der Waals surface area contributed by atoms with Gasteiger partial charge in [0.15, 0.2) is 14.6 Å². The second-order valence-electron chi connectivity index (χ2n) is 16.3. The maximum absolute atomic E-state index is 14.3. The molecule has 4 heterocycles. The third kappa shape index (κ3) is 8.54. The Bertz CT molecular complexity index is 2310. The Labute approximate surface area is 386 Å². The highest BCUT2D eigenvalue weighted by Gasteiger charge is 2.66. The number of aliphatic hydroxyl groups excluding tert-OH is 2. The quantitative estimate of drug-likeness (QED) is 0.131. The number of carbonyl (C=O) groups excluding carboxylic acids is 4. The van der Waals surface area contributed by atoms with E-state index in [0.717, 1.165) is 46.2 Å². The number of likely N-dealkylation sites (N-methyl/N-ethyl adjacent to an activating group) is 4. The van der Waals surface area contributed by atoms with Gasteiger partial charge in [0.25, 0.3) is 17.7 Å². The maximum atomic E-state index is 14.3. The molecule has 4 amide bonds. The lowest BCUT2D eigenvalue weighted by molar-refractivity contribution is -0.164. The number of benzene rings is 4. The molecule has 16 heteroatoms. The van der Waals surface area contributed by atoms with Gasteiger partial charge in [0.1, 0.15) is 11.5 Å². The van der Waals surface area contributed by atoms with Crippen molar-refractivity contribution < 1.29 is 38.9 Å². The lowest BCUT2D eigenvalue weighted by Gasteiger charge is -2.50. The van der Waals surface area contributed by atoms with Crippen LogP contribution in [0.1, 0.15) is 49.5 Å². The van der Waals surface area contributed by atoms with Crippen molar-refractivity contribution in [2.45, 2.75) is 61.3 Å². The van der Waals surface area contributed by atoms with Gasteiger partial charge in [0, 0.05) is 41.0 Å². The topological polar surface area (TPSA) is 140 Å². The van der Waals surface area contributed by atoms with E-state index in [2.05, 4.69) is 36.4 Å². The van der Waals surface area contributed by atoms with Gasteiger partial charge in [-0.2, -0.15) is 0 Å². The van der Waals surface area contributed by atoms with Gasteiger partial charge in [-0.1, -0.05) is 72.8 Å². The summed E-state index contributed by atoms with van der Waals surface area (Å²) in [7, 11) is 9.77. The molecular weight excluding hydrogens is 877 g/mol. The van der Waals surface area contributed by atoms with E-state index in [1.807, 2.05) is 67.6 Å². The number of aryl methyl sites for hydroxylation is 2. The summed E-state index contributed by atoms with van der Waals surface area (Å²) in [5.74, 6) is 0.555. The van der Waals surface area contributed by atoms with Crippen molar-refractivity contribution in [2.24, 2.45) is 0 Å². The van der Waals surface area contributed by atoms with E-state index in [0.29, 0.717) is 30.8 Å². The fourth-order valence-corrected chi connectivity index (χ4v) is 15.8. The zero-order valence-corrected chi connectivity index (χ0v) is 39.7. The second kappa shape index (κ2) is 18.6. The minimum Gasteiger partial charge on any atom is -0.497 e. The van der Waals surface area contributed by atoms with Gasteiger partial charge >= 0.3 is 0 Å². The van der Waals surface area contributed by atoms with Crippen molar-refractivity contribution in [2.75, 3.05) is 55.6 Å². The average molecular weight is 931 g/mol. The Morgan fingerprint density at radius 3 is 1.48 bits per heavy atom. The van der Waals surface area contributed by atoms with Crippen molar-refractivity contribution in [1.29, 1.82) is 0 Å². The molecule has 2 N–H and O–H groups in total. The standard InChI is InChI=1S/C47H54N4O8S4/c1-44(49(3)42(56)46(28-52,48(2)30-54)62-39(60-44)35-18-22-37(58-6)23-19-35)26-33-14-10-31(11-15-33)8-9-32-12-16-34(17-13-32)27-45-41(55)51(5)47(29-53,43(57)50(45)4)63-40(61-45)36-20-24-38(59-7)25-21-36/h10-25,30,39-40,52-53H,8-9,26-29H2,1-7H3/t39?,40?,44-,45+,46+,47+/m1/s1. The van der Waals surface area contributed by atoms with E-state index in [4.69, 9.17) is 9.47 Å². The number of ether oxygens (including phenoxy) is 2. The monoisotopic (exact) mass is 930 g/mol. The van der Waals surface area contributed by atoms with Crippen molar-refractivity contribution in [3.05, 3.63) is 130 Å². The highest BCUT2D eigenvalue weighted by atomic mass is 32.2. The minimum absolute atomic E-state index is 0.218. The van der Waals surface area contributed by atoms with Gasteiger partial charge < -0.3 is 39.3 Å². The van der Waals surface area contributed by atoms with Crippen LogP contribution in [0.2, 0.25) is 0 Å². The number of fused-ring (bicyclic) bond motifs is 4. The summed E-state index contributed by atoms with van der Waals surface area (Å²) in [5.41, 5.74) is 6.12. The van der Waals surface area contributed by atoms with E-state index >= 15 is 0 Å². The molecule has 12 nitrogen and oxygen atoms in total. The van der Waals surface area contributed by atoms with Crippen molar-refractivity contribution >= 4 is 71.2 Å². The summed E-state index contributed by atoms with van der Waals surface area (Å²) in [4.78, 5) is 55.8. The van der Waals surface area contributed by atoms with Crippen LogP contribution in [0.15, 0.2) is 97.1 Å². The molecule has 2 unspecified atom stereocenters. The van der Waals surface area contributed by atoms with Gasteiger partial charge in [-0.25, -0.2) is 0 Å². The number of carbonyl (C=O) groups is 4. The Morgan fingerprint density at radius 2 is 1.02 bits per heavy atom. The van der Waals surface area contributed by atoms with Crippen molar-refractivity contribution in [1.82, 2.24) is 19.6 Å². The first-order valence-electron chi connectivity index (χ1n) is 20.5. The molecule has 4 saturated heterocycles. The van der Waals surface area contributed by atoms with Gasteiger partial charge in [-0.15, -0.1) is 47.0 Å². The Balaban J connectivity index is 1.05. The lowest BCUT2D eigenvalue weighted by atomic mass is 9.96. The summed E-state index contributed by atoms with van der Waals surface area (Å²) < 4.78 is 10.1. The first-order chi connectivity index (χ1) is 30.1. The number of hydrogen-bond donors (Lipinski definition) is 2. The normalized spacial score (nSPS) is 27.3.